The third-order valence-corrected chi connectivity index (χ3v) is 2.45. The van der Waals surface area contributed by atoms with Gasteiger partial charge in [0.15, 0.2) is 0 Å². The van der Waals surface area contributed by atoms with Crippen molar-refractivity contribution >= 4 is 0 Å². The maximum atomic E-state index is 13.4. The van der Waals surface area contributed by atoms with Gasteiger partial charge in [-0.1, -0.05) is 6.07 Å². The van der Waals surface area contributed by atoms with Crippen LogP contribution in [0.5, 0.6) is 0 Å². The molecule has 17 heavy (non-hydrogen) atoms. The zero-order valence-electron chi connectivity index (χ0n) is 8.98. The molecule has 1 unspecified atom stereocenters. The fraction of sp³-hybridized carbons (Fsp3) is 0.167. The first kappa shape index (κ1) is 11.6. The van der Waals surface area contributed by atoms with Crippen LogP contribution < -0.4 is 5.73 Å². The molecule has 3 nitrogen and oxygen atoms in total. The summed E-state index contributed by atoms with van der Waals surface area (Å²) >= 11 is 0. The number of nitrogens with zero attached hydrogens (tertiary/aromatic N) is 2. The van der Waals surface area contributed by atoms with Gasteiger partial charge in [0, 0.05) is 24.2 Å². The predicted molar refractivity (Wildman–Crippen MR) is 59.0 cm³/mol. The molecule has 0 radical (unpaired) electrons. The Morgan fingerprint density at radius 1 is 1.18 bits per heavy atom. The van der Waals surface area contributed by atoms with Crippen LogP contribution in [0.4, 0.5) is 8.78 Å². The van der Waals surface area contributed by atoms with E-state index in [1.54, 1.807) is 0 Å². The highest BCUT2D eigenvalue weighted by molar-refractivity contribution is 5.22. The molecule has 1 heterocycles. The average molecular weight is 235 g/mol. The van der Waals surface area contributed by atoms with E-state index in [9.17, 15) is 8.78 Å². The highest BCUT2D eigenvalue weighted by Gasteiger charge is 2.15. The Labute approximate surface area is 97.3 Å². The van der Waals surface area contributed by atoms with Crippen molar-refractivity contribution in [2.45, 2.75) is 12.5 Å². The summed E-state index contributed by atoms with van der Waals surface area (Å²) in [4.78, 5) is 7.86. The van der Waals surface area contributed by atoms with Crippen LogP contribution in [0, 0.1) is 11.6 Å². The smallest absolute Gasteiger partial charge is 0.129 e. The van der Waals surface area contributed by atoms with Gasteiger partial charge < -0.3 is 5.73 Å². The van der Waals surface area contributed by atoms with E-state index in [1.807, 2.05) is 0 Å². The van der Waals surface area contributed by atoms with Gasteiger partial charge in [-0.2, -0.15) is 0 Å². The van der Waals surface area contributed by atoms with Gasteiger partial charge in [-0.15, -0.1) is 0 Å². The lowest BCUT2D eigenvalue weighted by Gasteiger charge is -2.11. The van der Waals surface area contributed by atoms with Crippen molar-refractivity contribution in [3.63, 3.8) is 0 Å². The third kappa shape index (κ3) is 2.62. The molecular weight excluding hydrogens is 224 g/mol. The summed E-state index contributed by atoms with van der Waals surface area (Å²) < 4.78 is 26.8. The topological polar surface area (TPSA) is 51.8 Å². The highest BCUT2D eigenvalue weighted by Crippen LogP contribution is 2.18. The lowest BCUT2D eigenvalue weighted by molar-refractivity contribution is 0.537. The van der Waals surface area contributed by atoms with Crippen LogP contribution in [0.3, 0.4) is 0 Å². The summed E-state index contributed by atoms with van der Waals surface area (Å²) in [6.07, 6.45) is 4.55. The Bertz CT molecular complexity index is 482. The van der Waals surface area contributed by atoms with Gasteiger partial charge in [-0.25, -0.2) is 8.78 Å². The Balaban J connectivity index is 2.22. The number of hydrogen-bond donors (Lipinski definition) is 1. The first-order chi connectivity index (χ1) is 8.18. The van der Waals surface area contributed by atoms with Crippen molar-refractivity contribution in [1.82, 2.24) is 9.97 Å². The molecule has 2 aromatic rings. The molecule has 5 heteroatoms. The summed E-state index contributed by atoms with van der Waals surface area (Å²) in [6, 6.07) is 3.17. The first-order valence-corrected chi connectivity index (χ1v) is 5.13. The maximum Gasteiger partial charge on any atom is 0.129 e. The molecule has 0 aliphatic heterocycles. The summed E-state index contributed by atoms with van der Waals surface area (Å²) in [6.45, 7) is 0. The zero-order chi connectivity index (χ0) is 12.3. The lowest BCUT2D eigenvalue weighted by atomic mass is 10.0. The van der Waals surface area contributed by atoms with E-state index in [0.29, 0.717) is 5.69 Å². The van der Waals surface area contributed by atoms with E-state index >= 15 is 0 Å². The Morgan fingerprint density at radius 2 is 1.88 bits per heavy atom. The molecule has 0 saturated carbocycles. The number of hydrogen-bond acceptors (Lipinski definition) is 3. The highest BCUT2D eigenvalue weighted by atomic mass is 19.1. The zero-order valence-corrected chi connectivity index (χ0v) is 8.98. The van der Waals surface area contributed by atoms with Crippen molar-refractivity contribution in [2.75, 3.05) is 0 Å². The molecule has 0 aliphatic rings. The van der Waals surface area contributed by atoms with Crippen LogP contribution in [0.2, 0.25) is 0 Å². The normalized spacial score (nSPS) is 12.4. The number of rotatable bonds is 3. The van der Waals surface area contributed by atoms with Crippen LogP contribution >= 0.6 is 0 Å². The van der Waals surface area contributed by atoms with Crippen molar-refractivity contribution in [3.05, 3.63) is 59.7 Å². The monoisotopic (exact) mass is 235 g/mol. The molecule has 2 rings (SSSR count). The Hall–Kier alpha value is -1.88. The van der Waals surface area contributed by atoms with Crippen LogP contribution in [0.15, 0.2) is 36.8 Å². The fourth-order valence-corrected chi connectivity index (χ4v) is 1.55. The van der Waals surface area contributed by atoms with E-state index in [0.717, 1.165) is 0 Å². The molecule has 1 aromatic heterocycles. The molecule has 1 atom stereocenters. The van der Waals surface area contributed by atoms with Crippen molar-refractivity contribution in [1.29, 1.82) is 0 Å². The van der Waals surface area contributed by atoms with E-state index in [2.05, 4.69) is 9.97 Å². The maximum absolute atomic E-state index is 13.4. The van der Waals surface area contributed by atoms with Crippen molar-refractivity contribution in [2.24, 2.45) is 5.73 Å². The Morgan fingerprint density at radius 3 is 2.47 bits per heavy atom. The molecule has 0 spiro atoms. The largest absolute Gasteiger partial charge is 0.322 e. The van der Waals surface area contributed by atoms with Gasteiger partial charge in [0.1, 0.15) is 11.6 Å². The summed E-state index contributed by atoms with van der Waals surface area (Å²) in [5, 5.41) is 0. The van der Waals surface area contributed by atoms with Gasteiger partial charge in [0.2, 0.25) is 0 Å². The van der Waals surface area contributed by atoms with E-state index in [4.69, 9.17) is 5.73 Å². The summed E-state index contributed by atoms with van der Waals surface area (Å²) in [5.41, 5.74) is 6.32. The Kier molecular flexibility index (Phi) is 3.39. The van der Waals surface area contributed by atoms with Gasteiger partial charge in [0.25, 0.3) is 0 Å². The molecule has 2 N–H and O–H groups in total. The minimum Gasteiger partial charge on any atom is -0.322 e. The summed E-state index contributed by atoms with van der Waals surface area (Å²) in [7, 11) is 0. The molecule has 1 aromatic carbocycles. The predicted octanol–water partition coefficient (Wildman–Crippen LogP) is 2.00. The number of nitrogens with two attached hydrogens (primary N) is 1. The van der Waals surface area contributed by atoms with E-state index in [1.165, 1.54) is 36.8 Å². The molecule has 0 fully saturated rings. The fourth-order valence-electron chi connectivity index (χ4n) is 1.55. The lowest BCUT2D eigenvalue weighted by Crippen LogP contribution is -2.16. The van der Waals surface area contributed by atoms with Gasteiger partial charge in [-0.3, -0.25) is 9.97 Å². The minimum absolute atomic E-state index is 0.0225. The molecular formula is C12H11F2N3. The first-order valence-electron chi connectivity index (χ1n) is 5.13. The second-order valence-electron chi connectivity index (χ2n) is 3.64. The minimum atomic E-state index is -0.593. The third-order valence-electron chi connectivity index (χ3n) is 2.45. The number of aromatic nitrogens is 2. The average Bonchev–Trinajstić information content (AvgIpc) is 2.35. The van der Waals surface area contributed by atoms with Gasteiger partial charge >= 0.3 is 0 Å². The standard InChI is InChI=1S/C12H11F2N3/c13-9-2-1-3-10(14)8(9)6-11(15)12-7-16-4-5-17-12/h1-5,7,11H,6,15H2. The second-order valence-corrected chi connectivity index (χ2v) is 3.64. The van der Waals surface area contributed by atoms with Crippen LogP contribution in [0.25, 0.3) is 0 Å². The number of benzene rings is 1. The van der Waals surface area contributed by atoms with Crippen LogP contribution in [-0.2, 0) is 6.42 Å². The molecule has 0 aliphatic carbocycles. The van der Waals surface area contributed by atoms with Crippen molar-refractivity contribution in [3.8, 4) is 0 Å². The quantitative estimate of drug-likeness (QED) is 0.885. The molecule has 0 saturated heterocycles. The molecule has 88 valence electrons. The molecule has 0 bridgehead atoms. The second kappa shape index (κ2) is 4.97. The van der Waals surface area contributed by atoms with Gasteiger partial charge in [-0.05, 0) is 18.6 Å². The van der Waals surface area contributed by atoms with Gasteiger partial charge in [0.05, 0.1) is 11.7 Å². The van der Waals surface area contributed by atoms with Crippen LogP contribution in [-0.4, -0.2) is 9.97 Å². The SMILES string of the molecule is NC(Cc1c(F)cccc1F)c1cnccn1. The van der Waals surface area contributed by atoms with E-state index in [-0.39, 0.29) is 12.0 Å². The van der Waals surface area contributed by atoms with Crippen LogP contribution in [0.1, 0.15) is 17.3 Å². The molecule has 0 amide bonds. The van der Waals surface area contributed by atoms with E-state index < -0.39 is 17.7 Å². The summed E-state index contributed by atoms with van der Waals surface area (Å²) in [5.74, 6) is -1.19. The number of halogens is 2. The van der Waals surface area contributed by atoms with Crippen molar-refractivity contribution < 1.29 is 8.78 Å².